The zero-order chi connectivity index (χ0) is 35.4. The molecule has 49 heavy (non-hydrogen) atoms. The highest BCUT2D eigenvalue weighted by atomic mass is 32.2. The van der Waals surface area contributed by atoms with E-state index in [0.717, 1.165) is 31.2 Å². The zero-order valence-electron chi connectivity index (χ0n) is 28.0. The number of pyridine rings is 1. The Hall–Kier alpha value is -4.33. The molecule has 1 aliphatic carbocycles. The molecule has 1 fully saturated rings. The second-order valence-electron chi connectivity index (χ2n) is 13.0. The van der Waals surface area contributed by atoms with E-state index < -0.39 is 45.6 Å². The number of carbonyl (C=O) groups is 2. The predicted octanol–water partition coefficient (Wildman–Crippen LogP) is 4.45. The molecule has 2 amide bonds. The van der Waals surface area contributed by atoms with E-state index in [1.54, 1.807) is 12.3 Å². The van der Waals surface area contributed by atoms with Gasteiger partial charge < -0.3 is 26.1 Å². The van der Waals surface area contributed by atoms with Gasteiger partial charge in [-0.05, 0) is 73.4 Å². The molecule has 0 unspecified atom stereocenters. The molecule has 0 saturated heterocycles. The minimum atomic E-state index is -4.09. The van der Waals surface area contributed by atoms with E-state index in [1.807, 2.05) is 56.3 Å². The summed E-state index contributed by atoms with van der Waals surface area (Å²) in [6.07, 6.45) is 4.75. The van der Waals surface area contributed by atoms with Crippen molar-refractivity contribution in [2.45, 2.75) is 81.9 Å². The van der Waals surface area contributed by atoms with Gasteiger partial charge in [0.15, 0.2) is 0 Å². The quantitative estimate of drug-likeness (QED) is 0.0781. The van der Waals surface area contributed by atoms with Crippen LogP contribution in [0.1, 0.15) is 62.8 Å². The Morgan fingerprint density at radius 3 is 2.31 bits per heavy atom. The first-order valence-corrected chi connectivity index (χ1v) is 18.1. The van der Waals surface area contributed by atoms with Crippen LogP contribution >= 0.6 is 0 Å². The van der Waals surface area contributed by atoms with E-state index in [2.05, 4.69) is 20.8 Å². The molecule has 1 heterocycles. The highest BCUT2D eigenvalue weighted by molar-refractivity contribution is 7.89. The second-order valence-corrected chi connectivity index (χ2v) is 15.0. The number of nitrogens with zero attached hydrogens (tertiary/aromatic N) is 3. The summed E-state index contributed by atoms with van der Waals surface area (Å²) in [6.45, 7) is 3.59. The van der Waals surface area contributed by atoms with E-state index in [4.69, 9.17) is 5.21 Å². The molecule has 12 nitrogen and oxygen atoms in total. The lowest BCUT2D eigenvalue weighted by Crippen LogP contribution is -2.60. The Morgan fingerprint density at radius 2 is 1.71 bits per heavy atom. The number of nitrogens with one attached hydrogen (secondary N) is 2. The largest absolute Gasteiger partial charge is 0.465 e. The lowest BCUT2D eigenvalue weighted by atomic mass is 9.75. The SMILES string of the molecule is CC[C@@](C)(Cc1ccccn1)[C@H](NC(=O)O)C(=O)N[C@@H](Cc1ccccc1)[C@H](O)CN(CC1CCCC1)S(=O)(=O)c1ccc(C=NO)cc1. The van der Waals surface area contributed by atoms with Crippen molar-refractivity contribution in [3.8, 4) is 0 Å². The van der Waals surface area contributed by atoms with Crippen LogP contribution in [0.5, 0.6) is 0 Å². The van der Waals surface area contributed by atoms with Gasteiger partial charge in [-0.25, -0.2) is 13.2 Å². The van der Waals surface area contributed by atoms with Crippen LogP contribution in [0.15, 0.2) is 89.0 Å². The maximum atomic E-state index is 14.1. The summed E-state index contributed by atoms with van der Waals surface area (Å²) in [4.78, 5) is 30.5. The van der Waals surface area contributed by atoms with Gasteiger partial charge in [0.2, 0.25) is 15.9 Å². The van der Waals surface area contributed by atoms with Gasteiger partial charge in [0, 0.05) is 30.4 Å². The Balaban J connectivity index is 1.65. The van der Waals surface area contributed by atoms with Crippen molar-refractivity contribution >= 4 is 28.2 Å². The van der Waals surface area contributed by atoms with Crippen LogP contribution in [-0.2, 0) is 27.7 Å². The molecule has 1 aliphatic rings. The number of rotatable bonds is 17. The lowest BCUT2D eigenvalue weighted by Gasteiger charge is -2.37. The van der Waals surface area contributed by atoms with Gasteiger partial charge in [-0.2, -0.15) is 4.31 Å². The number of carboxylic acid groups (broad SMARTS) is 1. The Labute approximate surface area is 288 Å². The smallest absolute Gasteiger partial charge is 0.405 e. The average molecular weight is 694 g/mol. The van der Waals surface area contributed by atoms with Crippen LogP contribution in [0.3, 0.4) is 0 Å². The standard InChI is InChI=1S/C36H47N5O7S/c1-3-36(2,22-29-15-9-10-20-37-29)33(40-35(44)45)34(43)39-31(21-26-11-5-4-6-12-26)32(42)25-41(24-28-13-7-8-14-28)49(47,48)30-18-16-27(17-19-30)23-38-46/h4-6,9-12,15-20,23,28,31-33,40,42,46H,3,7-8,13-14,21-22,24-25H2,1-2H3,(H,39,43)(H,44,45)/t31-,32+,33+,36-/m0/s1. The van der Waals surface area contributed by atoms with Crippen LogP contribution < -0.4 is 10.6 Å². The predicted molar refractivity (Wildman–Crippen MR) is 186 cm³/mol. The molecular formula is C36H47N5O7S. The molecule has 1 saturated carbocycles. The van der Waals surface area contributed by atoms with Crippen LogP contribution in [0.25, 0.3) is 0 Å². The number of sulfonamides is 1. The summed E-state index contributed by atoms with van der Waals surface area (Å²) in [5.74, 6) is -0.514. The molecule has 0 spiro atoms. The molecule has 13 heteroatoms. The van der Waals surface area contributed by atoms with Crippen molar-refractivity contribution < 1.29 is 33.4 Å². The Bertz CT molecular complexity index is 1640. The van der Waals surface area contributed by atoms with Crippen LogP contribution in [-0.4, -0.2) is 82.6 Å². The molecule has 4 rings (SSSR count). The highest BCUT2D eigenvalue weighted by Gasteiger charge is 2.41. The van der Waals surface area contributed by atoms with E-state index >= 15 is 0 Å². The number of aromatic nitrogens is 1. The van der Waals surface area contributed by atoms with Crippen molar-refractivity contribution in [2.24, 2.45) is 16.5 Å². The summed E-state index contributed by atoms with van der Waals surface area (Å²) >= 11 is 0. The molecule has 264 valence electrons. The van der Waals surface area contributed by atoms with Gasteiger partial charge in [-0.15, -0.1) is 0 Å². The van der Waals surface area contributed by atoms with Crippen molar-refractivity contribution in [3.63, 3.8) is 0 Å². The monoisotopic (exact) mass is 693 g/mol. The fraction of sp³-hybridized carbons (Fsp3) is 0.444. The van der Waals surface area contributed by atoms with Crippen molar-refractivity contribution in [1.29, 1.82) is 0 Å². The van der Waals surface area contributed by atoms with Gasteiger partial charge in [0.05, 0.1) is 23.3 Å². The summed E-state index contributed by atoms with van der Waals surface area (Å²) in [6, 6.07) is 18.4. The minimum absolute atomic E-state index is 0.0235. The van der Waals surface area contributed by atoms with E-state index in [1.165, 1.54) is 34.8 Å². The Morgan fingerprint density at radius 1 is 1.04 bits per heavy atom. The number of aliphatic hydroxyl groups is 1. The average Bonchev–Trinajstić information content (AvgIpc) is 3.61. The number of hydrogen-bond acceptors (Lipinski definition) is 8. The maximum absolute atomic E-state index is 14.1. The topological polar surface area (TPSA) is 182 Å². The molecular weight excluding hydrogens is 646 g/mol. The lowest BCUT2D eigenvalue weighted by molar-refractivity contribution is -0.127. The van der Waals surface area contributed by atoms with E-state index in [9.17, 15) is 28.2 Å². The second kappa shape index (κ2) is 17.4. The van der Waals surface area contributed by atoms with Crippen LogP contribution in [0.2, 0.25) is 0 Å². The van der Waals surface area contributed by atoms with Gasteiger partial charge in [-0.3, -0.25) is 9.78 Å². The molecule has 0 radical (unpaired) electrons. The van der Waals surface area contributed by atoms with Crippen molar-refractivity contribution in [2.75, 3.05) is 13.1 Å². The molecule has 4 atom stereocenters. The third-order valence-corrected chi connectivity index (χ3v) is 11.3. The first kappa shape index (κ1) is 37.5. The fourth-order valence-electron chi connectivity index (χ4n) is 6.47. The summed E-state index contributed by atoms with van der Waals surface area (Å²) in [5, 5.41) is 38.8. The van der Waals surface area contributed by atoms with Gasteiger partial charge >= 0.3 is 6.09 Å². The number of carbonyl (C=O) groups excluding carboxylic acids is 1. The van der Waals surface area contributed by atoms with Crippen molar-refractivity contribution in [1.82, 2.24) is 19.9 Å². The molecule has 1 aromatic heterocycles. The third-order valence-electron chi connectivity index (χ3n) is 9.49. The van der Waals surface area contributed by atoms with Crippen LogP contribution in [0.4, 0.5) is 4.79 Å². The van der Waals surface area contributed by atoms with Gasteiger partial charge in [0.25, 0.3) is 0 Å². The fourth-order valence-corrected chi connectivity index (χ4v) is 8.01. The normalized spacial score (nSPS) is 17.0. The number of aliphatic hydroxyl groups excluding tert-OH is 1. The molecule has 5 N–H and O–H groups in total. The zero-order valence-corrected chi connectivity index (χ0v) is 28.8. The minimum Gasteiger partial charge on any atom is -0.465 e. The molecule has 0 aliphatic heterocycles. The molecule has 2 aromatic carbocycles. The maximum Gasteiger partial charge on any atom is 0.405 e. The number of oxime groups is 1. The molecule has 0 bridgehead atoms. The van der Waals surface area contributed by atoms with E-state index in [0.29, 0.717) is 24.1 Å². The Kier molecular flexibility index (Phi) is 13.3. The third kappa shape index (κ3) is 10.3. The first-order chi connectivity index (χ1) is 23.4. The van der Waals surface area contributed by atoms with E-state index in [-0.39, 0.29) is 30.3 Å². The number of benzene rings is 2. The van der Waals surface area contributed by atoms with Gasteiger partial charge in [-0.1, -0.05) is 80.4 Å². The number of amides is 2. The number of hydrogen-bond donors (Lipinski definition) is 5. The highest BCUT2D eigenvalue weighted by Crippen LogP contribution is 2.31. The first-order valence-electron chi connectivity index (χ1n) is 16.6. The molecule has 3 aromatic rings. The van der Waals surface area contributed by atoms with Crippen molar-refractivity contribution in [3.05, 3.63) is 95.8 Å². The summed E-state index contributed by atoms with van der Waals surface area (Å²) in [7, 11) is -4.09. The summed E-state index contributed by atoms with van der Waals surface area (Å²) < 4.78 is 29.4. The van der Waals surface area contributed by atoms with Gasteiger partial charge in [0.1, 0.15) is 6.04 Å². The summed E-state index contributed by atoms with van der Waals surface area (Å²) in [5.41, 5.74) is 1.13. The van der Waals surface area contributed by atoms with Crippen LogP contribution in [0, 0.1) is 11.3 Å².